The van der Waals surface area contributed by atoms with Crippen LogP contribution in [0, 0.1) is 0 Å². The SMILES string of the molecule is C=C(/C=N\N(C)C(C)=NC)CC(N)C(=O)N(N)C1=C(C(=O)O)CCCC1. The molecule has 5 N–H and O–H groups in total. The normalized spacial score (nSPS) is 16.6. The zero-order chi connectivity index (χ0) is 19.9. The average molecular weight is 364 g/mol. The maximum absolute atomic E-state index is 12.5. The van der Waals surface area contributed by atoms with Crippen LogP contribution >= 0.6 is 0 Å². The first-order valence-electron chi connectivity index (χ1n) is 8.37. The summed E-state index contributed by atoms with van der Waals surface area (Å²) in [5.41, 5.74) is 6.99. The number of hydrazone groups is 1. The van der Waals surface area contributed by atoms with E-state index in [1.54, 1.807) is 26.0 Å². The highest BCUT2D eigenvalue weighted by molar-refractivity contribution is 5.91. The molecule has 0 saturated carbocycles. The molecular formula is C17H28N6O3. The van der Waals surface area contributed by atoms with Gasteiger partial charge in [0.2, 0.25) is 0 Å². The molecule has 1 rings (SSSR count). The first kappa shape index (κ1) is 21.5. The summed E-state index contributed by atoms with van der Waals surface area (Å²) in [6, 6.07) is -0.935. The molecule has 1 aliphatic carbocycles. The van der Waals surface area contributed by atoms with Gasteiger partial charge in [0.15, 0.2) is 0 Å². The first-order chi connectivity index (χ1) is 12.2. The number of aliphatic carboxylic acids is 1. The molecule has 9 nitrogen and oxygen atoms in total. The number of carboxylic acid groups (broad SMARTS) is 1. The molecule has 9 heteroatoms. The molecule has 0 aromatic heterocycles. The molecule has 0 spiro atoms. The summed E-state index contributed by atoms with van der Waals surface area (Å²) in [5.74, 6) is 4.99. The number of carbonyl (C=O) groups is 2. The number of carboxylic acids is 1. The second kappa shape index (κ2) is 9.83. The van der Waals surface area contributed by atoms with Crippen LogP contribution in [0.4, 0.5) is 0 Å². The van der Waals surface area contributed by atoms with E-state index < -0.39 is 17.9 Å². The van der Waals surface area contributed by atoms with Crippen LogP contribution in [-0.4, -0.2) is 59.2 Å². The van der Waals surface area contributed by atoms with Crippen molar-refractivity contribution in [2.24, 2.45) is 21.7 Å². The van der Waals surface area contributed by atoms with Crippen molar-refractivity contribution in [3.8, 4) is 0 Å². The van der Waals surface area contributed by atoms with Gasteiger partial charge in [-0.1, -0.05) is 6.58 Å². The summed E-state index contributed by atoms with van der Waals surface area (Å²) in [7, 11) is 3.40. The lowest BCUT2D eigenvalue weighted by atomic mass is 9.95. The molecule has 1 amide bonds. The highest BCUT2D eigenvalue weighted by atomic mass is 16.4. The molecule has 0 bridgehead atoms. The molecular weight excluding hydrogens is 336 g/mol. The number of amides is 1. The molecule has 0 aromatic rings. The van der Waals surface area contributed by atoms with E-state index in [0.29, 0.717) is 29.9 Å². The zero-order valence-electron chi connectivity index (χ0n) is 15.6. The van der Waals surface area contributed by atoms with Crippen LogP contribution in [0.1, 0.15) is 39.0 Å². The molecule has 26 heavy (non-hydrogen) atoms. The fourth-order valence-corrected chi connectivity index (χ4v) is 2.52. The second-order valence-corrected chi connectivity index (χ2v) is 6.15. The van der Waals surface area contributed by atoms with Gasteiger partial charge in [-0.3, -0.25) is 19.8 Å². The van der Waals surface area contributed by atoms with Gasteiger partial charge in [-0.25, -0.2) is 10.6 Å². The van der Waals surface area contributed by atoms with Crippen LogP contribution in [-0.2, 0) is 9.59 Å². The summed E-state index contributed by atoms with van der Waals surface area (Å²) >= 11 is 0. The van der Waals surface area contributed by atoms with E-state index in [4.69, 9.17) is 11.6 Å². The molecule has 1 atom stereocenters. The summed E-state index contributed by atoms with van der Waals surface area (Å²) in [6.45, 7) is 5.64. The van der Waals surface area contributed by atoms with Gasteiger partial charge in [0.25, 0.3) is 5.91 Å². The van der Waals surface area contributed by atoms with Crippen molar-refractivity contribution in [1.82, 2.24) is 10.0 Å². The van der Waals surface area contributed by atoms with Crippen molar-refractivity contribution < 1.29 is 14.7 Å². The fraction of sp³-hybridized carbons (Fsp3) is 0.529. The zero-order valence-corrected chi connectivity index (χ0v) is 15.6. The topological polar surface area (TPSA) is 138 Å². The molecule has 0 aliphatic heterocycles. The minimum atomic E-state index is -1.05. The van der Waals surface area contributed by atoms with Crippen LogP contribution in [0.15, 0.2) is 33.5 Å². The molecule has 0 fully saturated rings. The highest BCUT2D eigenvalue weighted by Crippen LogP contribution is 2.26. The Labute approximate surface area is 153 Å². The Bertz CT molecular complexity index is 653. The number of hydrogen-bond donors (Lipinski definition) is 3. The quantitative estimate of drug-likeness (QED) is 0.201. The third kappa shape index (κ3) is 5.78. The largest absolute Gasteiger partial charge is 0.478 e. The third-order valence-electron chi connectivity index (χ3n) is 4.23. The van der Waals surface area contributed by atoms with Crippen molar-refractivity contribution >= 4 is 23.9 Å². The van der Waals surface area contributed by atoms with Crippen molar-refractivity contribution in [3.05, 3.63) is 23.4 Å². The monoisotopic (exact) mass is 364 g/mol. The number of nitrogens with two attached hydrogens (primary N) is 2. The lowest BCUT2D eigenvalue weighted by Crippen LogP contribution is -2.48. The molecule has 144 valence electrons. The minimum absolute atomic E-state index is 0.155. The number of carbonyl (C=O) groups excluding carboxylic acids is 1. The maximum atomic E-state index is 12.5. The van der Waals surface area contributed by atoms with E-state index in [0.717, 1.165) is 17.9 Å². The number of amidine groups is 1. The molecule has 0 heterocycles. The van der Waals surface area contributed by atoms with Gasteiger partial charge >= 0.3 is 5.97 Å². The van der Waals surface area contributed by atoms with Crippen molar-refractivity contribution in [2.45, 2.75) is 45.1 Å². The average Bonchev–Trinajstić information content (AvgIpc) is 2.63. The van der Waals surface area contributed by atoms with Gasteiger partial charge in [-0.15, -0.1) is 0 Å². The number of rotatable bonds is 7. The number of aliphatic imine (C=N–C) groups is 1. The Hall–Kier alpha value is -2.52. The summed E-state index contributed by atoms with van der Waals surface area (Å²) in [6.07, 6.45) is 4.05. The summed E-state index contributed by atoms with van der Waals surface area (Å²) in [5, 5.41) is 15.9. The summed E-state index contributed by atoms with van der Waals surface area (Å²) in [4.78, 5) is 27.8. The lowest BCUT2D eigenvalue weighted by Gasteiger charge is -2.27. The molecule has 0 radical (unpaired) electrons. The van der Waals surface area contributed by atoms with Crippen molar-refractivity contribution in [3.63, 3.8) is 0 Å². The summed E-state index contributed by atoms with van der Waals surface area (Å²) < 4.78 is 0. The van der Waals surface area contributed by atoms with Crippen LogP contribution < -0.4 is 11.6 Å². The van der Waals surface area contributed by atoms with Gasteiger partial charge < -0.3 is 10.8 Å². The van der Waals surface area contributed by atoms with Gasteiger partial charge in [0.1, 0.15) is 5.84 Å². The Kier molecular flexibility index (Phi) is 8.14. The standard InChI is InChI=1S/C17H28N6O3/c1-11(10-21-22(4)12(2)20-3)9-14(18)16(24)23(19)15-8-6-5-7-13(15)17(25)26/h10,14H,1,5-9,18-19H2,2-4H3,(H,25,26)/b20-12?,21-10-. The van der Waals surface area contributed by atoms with E-state index >= 15 is 0 Å². The van der Waals surface area contributed by atoms with Gasteiger partial charge in [-0.05, 0) is 44.6 Å². The van der Waals surface area contributed by atoms with E-state index in [9.17, 15) is 14.7 Å². The van der Waals surface area contributed by atoms with E-state index in [1.165, 1.54) is 6.21 Å². The van der Waals surface area contributed by atoms with Crippen molar-refractivity contribution in [1.29, 1.82) is 0 Å². The molecule has 1 unspecified atom stereocenters. The van der Waals surface area contributed by atoms with Crippen LogP contribution in [0.5, 0.6) is 0 Å². The van der Waals surface area contributed by atoms with E-state index in [1.807, 2.05) is 0 Å². The molecule has 0 saturated heterocycles. The Morgan fingerprint density at radius 3 is 2.58 bits per heavy atom. The smallest absolute Gasteiger partial charge is 0.333 e. The van der Waals surface area contributed by atoms with E-state index in [-0.39, 0.29) is 12.0 Å². The fourth-order valence-electron chi connectivity index (χ4n) is 2.52. The van der Waals surface area contributed by atoms with Crippen molar-refractivity contribution in [2.75, 3.05) is 14.1 Å². The predicted octanol–water partition coefficient (Wildman–Crippen LogP) is 0.841. The van der Waals surface area contributed by atoms with Crippen LogP contribution in [0.3, 0.4) is 0 Å². The van der Waals surface area contributed by atoms with Crippen LogP contribution in [0.2, 0.25) is 0 Å². The Balaban J connectivity index is 2.76. The predicted molar refractivity (Wildman–Crippen MR) is 101 cm³/mol. The Morgan fingerprint density at radius 2 is 2.00 bits per heavy atom. The first-order valence-corrected chi connectivity index (χ1v) is 8.37. The number of allylic oxidation sites excluding steroid dienone is 1. The maximum Gasteiger partial charge on any atom is 0.333 e. The number of hydrazine groups is 1. The van der Waals surface area contributed by atoms with Crippen LogP contribution in [0.25, 0.3) is 0 Å². The third-order valence-corrected chi connectivity index (χ3v) is 4.23. The number of hydrogen-bond acceptors (Lipinski definition) is 6. The van der Waals surface area contributed by atoms with Gasteiger partial charge in [0.05, 0.1) is 17.8 Å². The van der Waals surface area contributed by atoms with Gasteiger partial charge in [0, 0.05) is 19.8 Å². The lowest BCUT2D eigenvalue weighted by molar-refractivity contribution is -0.133. The molecule has 0 aromatic carbocycles. The minimum Gasteiger partial charge on any atom is -0.478 e. The van der Waals surface area contributed by atoms with Gasteiger partial charge in [-0.2, -0.15) is 5.10 Å². The second-order valence-electron chi connectivity index (χ2n) is 6.15. The highest BCUT2D eigenvalue weighted by Gasteiger charge is 2.28. The van der Waals surface area contributed by atoms with E-state index in [2.05, 4.69) is 16.7 Å². The molecule has 1 aliphatic rings. The number of nitrogens with zero attached hydrogens (tertiary/aromatic N) is 4. The Morgan fingerprint density at radius 1 is 1.38 bits per heavy atom.